The Labute approximate surface area is 112 Å². The molecule has 0 unspecified atom stereocenters. The molecular weight excluding hydrogens is 266 g/mol. The molecule has 6 heteroatoms. The third-order valence-electron chi connectivity index (χ3n) is 2.35. The lowest BCUT2D eigenvalue weighted by Gasteiger charge is -2.01. The lowest BCUT2D eigenvalue weighted by molar-refractivity contribution is -0.116. The number of amides is 1. The quantitative estimate of drug-likeness (QED) is 0.574. The van der Waals surface area contributed by atoms with E-state index < -0.39 is 15.7 Å². The fraction of sp³-hybridized carbons (Fsp3) is 0.308. The third kappa shape index (κ3) is 5.67. The van der Waals surface area contributed by atoms with Gasteiger partial charge in [-0.15, -0.1) is 0 Å². The van der Waals surface area contributed by atoms with Crippen LogP contribution in [-0.4, -0.2) is 32.6 Å². The van der Waals surface area contributed by atoms with Crippen LogP contribution in [0.1, 0.15) is 12.8 Å². The van der Waals surface area contributed by atoms with E-state index in [2.05, 4.69) is 5.32 Å². The van der Waals surface area contributed by atoms with Gasteiger partial charge in [-0.3, -0.25) is 4.79 Å². The monoisotopic (exact) mass is 283 g/mol. The van der Waals surface area contributed by atoms with Gasteiger partial charge < -0.3 is 10.4 Å². The number of aliphatic hydroxyl groups excluding tert-OH is 1. The van der Waals surface area contributed by atoms with E-state index in [1.807, 2.05) is 0 Å². The van der Waals surface area contributed by atoms with Gasteiger partial charge in [-0.2, -0.15) is 0 Å². The normalized spacial score (nSPS) is 11.6. The molecule has 0 spiro atoms. The maximum absolute atomic E-state index is 11.8. The molecule has 0 atom stereocenters. The molecule has 19 heavy (non-hydrogen) atoms. The Morgan fingerprint density at radius 2 is 1.89 bits per heavy atom. The second-order valence-electron chi connectivity index (χ2n) is 3.88. The maximum atomic E-state index is 11.8. The van der Waals surface area contributed by atoms with Crippen LogP contribution in [-0.2, 0) is 14.6 Å². The highest BCUT2D eigenvalue weighted by atomic mass is 32.2. The van der Waals surface area contributed by atoms with Crippen LogP contribution in [0.2, 0.25) is 0 Å². The second kappa shape index (κ2) is 7.70. The predicted octanol–water partition coefficient (Wildman–Crippen LogP) is 0.863. The van der Waals surface area contributed by atoms with Gasteiger partial charge >= 0.3 is 0 Å². The highest BCUT2D eigenvalue weighted by Crippen LogP contribution is 2.10. The van der Waals surface area contributed by atoms with Crippen LogP contribution in [0.3, 0.4) is 0 Å². The average Bonchev–Trinajstić information content (AvgIpc) is 2.42. The van der Waals surface area contributed by atoms with E-state index in [0.29, 0.717) is 19.4 Å². The van der Waals surface area contributed by atoms with Crippen molar-refractivity contribution >= 4 is 15.7 Å². The van der Waals surface area contributed by atoms with Crippen LogP contribution < -0.4 is 5.32 Å². The molecule has 1 aromatic rings. The summed E-state index contributed by atoms with van der Waals surface area (Å²) in [5, 5.41) is 12.0. The minimum Gasteiger partial charge on any atom is -0.396 e. The van der Waals surface area contributed by atoms with Gasteiger partial charge in [0.15, 0.2) is 9.84 Å². The molecule has 2 N–H and O–H groups in total. The number of sulfone groups is 1. The van der Waals surface area contributed by atoms with Crippen LogP contribution in [0, 0.1) is 0 Å². The first-order valence-corrected chi connectivity index (χ1v) is 7.48. The summed E-state index contributed by atoms with van der Waals surface area (Å²) in [6, 6.07) is 7.90. The van der Waals surface area contributed by atoms with Crippen molar-refractivity contribution in [3.05, 3.63) is 41.8 Å². The number of unbranched alkanes of at least 4 members (excludes halogenated alkanes) is 1. The smallest absolute Gasteiger partial charge is 0.244 e. The summed E-state index contributed by atoms with van der Waals surface area (Å²) >= 11 is 0. The Bertz CT molecular complexity index is 523. The Balaban J connectivity index is 2.54. The molecule has 1 rings (SSSR count). The molecule has 104 valence electrons. The zero-order valence-electron chi connectivity index (χ0n) is 10.5. The number of hydrogen-bond donors (Lipinski definition) is 2. The van der Waals surface area contributed by atoms with Crippen molar-refractivity contribution in [2.24, 2.45) is 0 Å². The number of aliphatic hydroxyl groups is 1. The lowest BCUT2D eigenvalue weighted by Crippen LogP contribution is -2.22. The third-order valence-corrected chi connectivity index (χ3v) is 3.78. The van der Waals surface area contributed by atoms with Crippen LogP contribution in [0.5, 0.6) is 0 Å². The van der Waals surface area contributed by atoms with E-state index in [-0.39, 0.29) is 11.5 Å². The molecule has 0 saturated heterocycles. The van der Waals surface area contributed by atoms with E-state index in [1.54, 1.807) is 18.2 Å². The van der Waals surface area contributed by atoms with Gasteiger partial charge in [0, 0.05) is 24.6 Å². The second-order valence-corrected chi connectivity index (χ2v) is 5.72. The fourth-order valence-electron chi connectivity index (χ4n) is 1.35. The summed E-state index contributed by atoms with van der Waals surface area (Å²) in [7, 11) is -3.57. The van der Waals surface area contributed by atoms with Gasteiger partial charge in [0.25, 0.3) is 0 Å². The fourth-order valence-corrected chi connectivity index (χ4v) is 2.34. The predicted molar refractivity (Wildman–Crippen MR) is 72.1 cm³/mol. The molecule has 0 aliphatic heterocycles. The van der Waals surface area contributed by atoms with Crippen molar-refractivity contribution in [1.29, 1.82) is 0 Å². The summed E-state index contributed by atoms with van der Waals surface area (Å²) in [4.78, 5) is 11.5. The summed E-state index contributed by atoms with van der Waals surface area (Å²) in [6.45, 7) is 0.489. The van der Waals surface area contributed by atoms with E-state index in [0.717, 1.165) is 11.5 Å². The van der Waals surface area contributed by atoms with E-state index in [9.17, 15) is 13.2 Å². The summed E-state index contributed by atoms with van der Waals surface area (Å²) in [6.07, 6.45) is 2.26. The number of benzene rings is 1. The van der Waals surface area contributed by atoms with Crippen LogP contribution >= 0.6 is 0 Å². The Morgan fingerprint density at radius 1 is 1.21 bits per heavy atom. The molecule has 0 aliphatic rings. The minimum absolute atomic E-state index is 0.0775. The lowest BCUT2D eigenvalue weighted by atomic mass is 10.3. The topological polar surface area (TPSA) is 83.5 Å². The molecule has 0 saturated carbocycles. The van der Waals surface area contributed by atoms with Crippen LogP contribution in [0.4, 0.5) is 0 Å². The number of hydrogen-bond acceptors (Lipinski definition) is 4. The van der Waals surface area contributed by atoms with Crippen molar-refractivity contribution in [2.75, 3.05) is 13.2 Å². The zero-order valence-corrected chi connectivity index (χ0v) is 11.3. The number of carbonyl (C=O) groups excluding carboxylic acids is 1. The van der Waals surface area contributed by atoms with E-state index in [1.165, 1.54) is 12.1 Å². The molecule has 0 aliphatic carbocycles. The first-order valence-electron chi connectivity index (χ1n) is 5.93. The van der Waals surface area contributed by atoms with Crippen LogP contribution in [0.15, 0.2) is 46.7 Å². The van der Waals surface area contributed by atoms with Crippen LogP contribution in [0.25, 0.3) is 0 Å². The highest BCUT2D eigenvalue weighted by molar-refractivity contribution is 7.94. The standard InChI is InChI=1S/C13H17NO4S/c15-10-5-4-9-14-13(16)8-11-19(17,18)12-6-2-1-3-7-12/h1-3,6-8,11,15H,4-5,9-10H2,(H,14,16)/b11-8+. The van der Waals surface area contributed by atoms with Gasteiger partial charge in [-0.1, -0.05) is 18.2 Å². The molecule has 1 aromatic carbocycles. The van der Waals surface area contributed by atoms with Gasteiger partial charge in [0.05, 0.1) is 4.90 Å². The molecule has 0 aromatic heterocycles. The molecule has 5 nitrogen and oxygen atoms in total. The van der Waals surface area contributed by atoms with Gasteiger partial charge in [-0.05, 0) is 25.0 Å². The largest absolute Gasteiger partial charge is 0.396 e. The molecule has 0 radical (unpaired) electrons. The first kappa shape index (κ1) is 15.4. The molecular formula is C13H17NO4S. The van der Waals surface area contributed by atoms with Crippen molar-refractivity contribution < 1.29 is 18.3 Å². The number of nitrogens with one attached hydrogen (secondary N) is 1. The Morgan fingerprint density at radius 3 is 2.53 bits per heavy atom. The Hall–Kier alpha value is -1.66. The maximum Gasteiger partial charge on any atom is 0.244 e. The summed E-state index contributed by atoms with van der Waals surface area (Å²) < 4.78 is 23.6. The van der Waals surface area contributed by atoms with Gasteiger partial charge in [0.1, 0.15) is 0 Å². The number of carbonyl (C=O) groups is 1. The van der Waals surface area contributed by atoms with Crippen molar-refractivity contribution in [1.82, 2.24) is 5.32 Å². The van der Waals surface area contributed by atoms with E-state index >= 15 is 0 Å². The molecule has 1 amide bonds. The first-order chi connectivity index (χ1) is 9.06. The summed E-state index contributed by atoms with van der Waals surface area (Å²) in [5.41, 5.74) is 0. The number of rotatable bonds is 7. The van der Waals surface area contributed by atoms with Gasteiger partial charge in [-0.25, -0.2) is 8.42 Å². The zero-order chi connectivity index (χ0) is 14.1. The summed E-state index contributed by atoms with van der Waals surface area (Å²) in [5.74, 6) is -0.461. The van der Waals surface area contributed by atoms with E-state index in [4.69, 9.17) is 5.11 Å². The highest BCUT2D eigenvalue weighted by Gasteiger charge is 2.09. The van der Waals surface area contributed by atoms with Gasteiger partial charge in [0.2, 0.25) is 5.91 Å². The molecule has 0 fully saturated rings. The Kier molecular flexibility index (Phi) is 6.24. The molecule has 0 heterocycles. The van der Waals surface area contributed by atoms with Crippen molar-refractivity contribution in [2.45, 2.75) is 17.7 Å². The average molecular weight is 283 g/mol. The SMILES string of the molecule is O=C(/C=C/S(=O)(=O)c1ccccc1)NCCCCO. The van der Waals surface area contributed by atoms with Crippen molar-refractivity contribution in [3.8, 4) is 0 Å². The molecule has 0 bridgehead atoms. The minimum atomic E-state index is -3.57. The van der Waals surface area contributed by atoms with Crippen molar-refractivity contribution in [3.63, 3.8) is 0 Å².